The highest BCUT2D eigenvalue weighted by Crippen LogP contribution is 2.36. The molecule has 0 aromatic heterocycles. The Kier molecular flexibility index (Phi) is 4.44. The summed E-state index contributed by atoms with van der Waals surface area (Å²) in [6.07, 6.45) is 0. The molecule has 0 heterocycles. The molecule has 0 atom stereocenters. The van der Waals surface area contributed by atoms with Crippen molar-refractivity contribution in [2.45, 2.75) is 6.54 Å². The number of hydrogen-bond donors (Lipinski definition) is 1. The molecule has 20 heavy (non-hydrogen) atoms. The van der Waals surface area contributed by atoms with Crippen molar-refractivity contribution < 1.29 is 9.66 Å². The van der Waals surface area contributed by atoms with Gasteiger partial charge in [-0.05, 0) is 18.2 Å². The second-order valence-electron chi connectivity index (χ2n) is 3.89. The van der Waals surface area contributed by atoms with Gasteiger partial charge in [-0.3, -0.25) is 10.1 Å². The third kappa shape index (κ3) is 3.01. The van der Waals surface area contributed by atoms with Crippen LogP contribution in [-0.4, -0.2) is 4.92 Å². The summed E-state index contributed by atoms with van der Waals surface area (Å²) in [5, 5.41) is 11.8. The first-order valence-corrected chi connectivity index (χ1v) is 6.37. The highest BCUT2D eigenvalue weighted by Gasteiger charge is 2.18. The molecular formula is C13H10Cl2N2O3. The number of nitro groups is 1. The van der Waals surface area contributed by atoms with Crippen LogP contribution < -0.4 is 10.5 Å². The first kappa shape index (κ1) is 14.6. The van der Waals surface area contributed by atoms with Gasteiger partial charge in [-0.25, -0.2) is 0 Å². The van der Waals surface area contributed by atoms with Gasteiger partial charge in [0.1, 0.15) is 5.75 Å². The molecule has 0 saturated heterocycles. The summed E-state index contributed by atoms with van der Waals surface area (Å²) in [5.41, 5.74) is 6.00. The summed E-state index contributed by atoms with van der Waals surface area (Å²) in [4.78, 5) is 10.4. The van der Waals surface area contributed by atoms with Crippen molar-refractivity contribution in [3.8, 4) is 11.5 Å². The van der Waals surface area contributed by atoms with Crippen LogP contribution >= 0.6 is 23.2 Å². The topological polar surface area (TPSA) is 78.4 Å². The summed E-state index contributed by atoms with van der Waals surface area (Å²) in [6.45, 7) is 0.156. The van der Waals surface area contributed by atoms with E-state index in [0.717, 1.165) is 0 Å². The first-order valence-electron chi connectivity index (χ1n) is 5.62. The highest BCUT2D eigenvalue weighted by molar-refractivity contribution is 6.31. The minimum absolute atomic E-state index is 0.0412. The number of nitrogens with two attached hydrogens (primary N) is 1. The van der Waals surface area contributed by atoms with Gasteiger partial charge in [-0.15, -0.1) is 0 Å². The average molecular weight is 313 g/mol. The van der Waals surface area contributed by atoms with Crippen LogP contribution in [0.2, 0.25) is 10.0 Å². The molecule has 2 aromatic rings. The number of nitrogens with zero attached hydrogens (tertiary/aromatic N) is 1. The lowest BCUT2D eigenvalue weighted by Crippen LogP contribution is -2.01. The molecule has 0 fully saturated rings. The molecule has 0 unspecified atom stereocenters. The molecule has 2 rings (SSSR count). The molecule has 0 aliphatic rings. The highest BCUT2D eigenvalue weighted by atomic mass is 35.5. The van der Waals surface area contributed by atoms with Crippen LogP contribution in [0.15, 0.2) is 36.4 Å². The predicted octanol–water partition coefficient (Wildman–Crippen LogP) is 4.15. The normalized spacial score (nSPS) is 10.3. The van der Waals surface area contributed by atoms with Crippen LogP contribution in [0.3, 0.4) is 0 Å². The molecule has 2 N–H and O–H groups in total. The fraction of sp³-hybridized carbons (Fsp3) is 0.0769. The zero-order valence-corrected chi connectivity index (χ0v) is 11.7. The van der Waals surface area contributed by atoms with E-state index in [-0.39, 0.29) is 18.0 Å². The van der Waals surface area contributed by atoms with Crippen molar-refractivity contribution in [2.75, 3.05) is 0 Å². The van der Waals surface area contributed by atoms with Crippen molar-refractivity contribution in [1.29, 1.82) is 0 Å². The first-order chi connectivity index (χ1) is 9.52. The molecule has 104 valence electrons. The zero-order valence-electron chi connectivity index (χ0n) is 10.2. The summed E-state index contributed by atoms with van der Waals surface area (Å²) in [6, 6.07) is 9.06. The number of nitro benzene ring substituents is 1. The van der Waals surface area contributed by atoms with E-state index in [1.165, 1.54) is 18.2 Å². The van der Waals surface area contributed by atoms with E-state index in [1.54, 1.807) is 18.2 Å². The molecular weight excluding hydrogens is 303 g/mol. The maximum absolute atomic E-state index is 11.0. The number of rotatable bonds is 4. The lowest BCUT2D eigenvalue weighted by molar-refractivity contribution is -0.385. The van der Waals surface area contributed by atoms with Gasteiger partial charge in [0.2, 0.25) is 5.75 Å². The third-order valence-corrected chi connectivity index (χ3v) is 3.21. The minimum Gasteiger partial charge on any atom is -0.450 e. The Labute approximate surface area is 125 Å². The smallest absolute Gasteiger partial charge is 0.311 e. The molecule has 0 aliphatic heterocycles. The van der Waals surface area contributed by atoms with Gasteiger partial charge in [-0.2, -0.15) is 0 Å². The molecule has 0 spiro atoms. The minimum atomic E-state index is -0.543. The quantitative estimate of drug-likeness (QED) is 0.679. The van der Waals surface area contributed by atoms with Crippen LogP contribution in [0.4, 0.5) is 5.69 Å². The van der Waals surface area contributed by atoms with Crippen molar-refractivity contribution in [3.63, 3.8) is 0 Å². The van der Waals surface area contributed by atoms with E-state index in [4.69, 9.17) is 33.7 Å². The van der Waals surface area contributed by atoms with E-state index in [9.17, 15) is 10.1 Å². The number of ether oxygens (including phenoxy) is 1. The Bertz CT molecular complexity index is 662. The van der Waals surface area contributed by atoms with Gasteiger partial charge in [0.05, 0.1) is 4.92 Å². The van der Waals surface area contributed by atoms with E-state index in [2.05, 4.69) is 0 Å². The van der Waals surface area contributed by atoms with Crippen LogP contribution in [0.25, 0.3) is 0 Å². The molecule has 0 radical (unpaired) electrons. The Hall–Kier alpha value is -1.82. The largest absolute Gasteiger partial charge is 0.450 e. The molecule has 0 aliphatic carbocycles. The Balaban J connectivity index is 2.47. The molecule has 2 aromatic carbocycles. The molecule has 5 nitrogen and oxygen atoms in total. The Morgan fingerprint density at radius 2 is 1.95 bits per heavy atom. The second-order valence-corrected chi connectivity index (χ2v) is 4.74. The van der Waals surface area contributed by atoms with Gasteiger partial charge in [0.15, 0.2) is 0 Å². The number of hydrogen-bond acceptors (Lipinski definition) is 4. The van der Waals surface area contributed by atoms with Gasteiger partial charge in [0, 0.05) is 34.3 Å². The van der Waals surface area contributed by atoms with Crippen LogP contribution in [-0.2, 0) is 6.54 Å². The maximum atomic E-state index is 11.0. The fourth-order valence-electron chi connectivity index (χ4n) is 1.67. The monoisotopic (exact) mass is 312 g/mol. The van der Waals surface area contributed by atoms with E-state index < -0.39 is 4.92 Å². The van der Waals surface area contributed by atoms with Gasteiger partial charge >= 0.3 is 5.69 Å². The summed E-state index contributed by atoms with van der Waals surface area (Å²) < 4.78 is 5.56. The van der Waals surface area contributed by atoms with Gasteiger partial charge in [0.25, 0.3) is 0 Å². The van der Waals surface area contributed by atoms with Crippen LogP contribution in [0, 0.1) is 10.1 Å². The van der Waals surface area contributed by atoms with Crippen molar-refractivity contribution in [3.05, 3.63) is 62.1 Å². The lowest BCUT2D eigenvalue weighted by Gasteiger charge is -2.11. The molecule has 0 saturated carbocycles. The molecule has 0 bridgehead atoms. The van der Waals surface area contributed by atoms with Crippen molar-refractivity contribution in [2.24, 2.45) is 5.73 Å². The van der Waals surface area contributed by atoms with Crippen LogP contribution in [0.5, 0.6) is 11.5 Å². The SMILES string of the molecule is NCc1c(Cl)cccc1Oc1cc(Cl)ccc1[N+](=O)[O-]. The summed E-state index contributed by atoms with van der Waals surface area (Å²) in [7, 11) is 0. The van der Waals surface area contributed by atoms with E-state index in [1.807, 2.05) is 0 Å². The standard InChI is InChI=1S/C13H10Cl2N2O3/c14-8-4-5-11(17(18)19)13(6-8)20-12-3-1-2-10(15)9(12)7-16/h1-6H,7,16H2. The maximum Gasteiger partial charge on any atom is 0.311 e. The summed E-state index contributed by atoms with van der Waals surface area (Å²) in [5.74, 6) is 0.407. The van der Waals surface area contributed by atoms with Gasteiger partial charge < -0.3 is 10.5 Å². The number of benzene rings is 2. The average Bonchev–Trinajstić information content (AvgIpc) is 2.38. The van der Waals surface area contributed by atoms with E-state index >= 15 is 0 Å². The van der Waals surface area contributed by atoms with Gasteiger partial charge in [-0.1, -0.05) is 29.3 Å². The van der Waals surface area contributed by atoms with E-state index in [0.29, 0.717) is 21.4 Å². The second kappa shape index (κ2) is 6.09. The number of halogens is 2. The molecule has 0 amide bonds. The Morgan fingerprint density at radius 1 is 1.20 bits per heavy atom. The third-order valence-electron chi connectivity index (χ3n) is 2.62. The zero-order chi connectivity index (χ0) is 14.7. The van der Waals surface area contributed by atoms with Crippen molar-refractivity contribution in [1.82, 2.24) is 0 Å². The lowest BCUT2D eigenvalue weighted by atomic mass is 10.2. The van der Waals surface area contributed by atoms with Crippen LogP contribution in [0.1, 0.15) is 5.56 Å². The van der Waals surface area contributed by atoms with Crippen molar-refractivity contribution >= 4 is 28.9 Å². The Morgan fingerprint density at radius 3 is 2.60 bits per heavy atom. The summed E-state index contributed by atoms with van der Waals surface area (Å²) >= 11 is 11.8. The molecule has 7 heteroatoms. The fourth-order valence-corrected chi connectivity index (χ4v) is 2.08. The predicted molar refractivity (Wildman–Crippen MR) is 77.5 cm³/mol.